The molecular formula is C7H3Cl3FNO. The summed E-state index contributed by atoms with van der Waals surface area (Å²) in [5, 5.41) is -1.42. The third-order valence-electron chi connectivity index (χ3n) is 1.48. The minimum absolute atomic E-state index is 0.00463. The summed E-state index contributed by atoms with van der Waals surface area (Å²) in [6, 6.07) is 0. The van der Waals surface area contributed by atoms with E-state index in [1.165, 1.54) is 6.92 Å². The van der Waals surface area contributed by atoms with Crippen LogP contribution in [0.25, 0.3) is 0 Å². The summed E-state index contributed by atoms with van der Waals surface area (Å²) >= 11 is 16.1. The van der Waals surface area contributed by atoms with Crippen LogP contribution in [0.1, 0.15) is 15.9 Å². The van der Waals surface area contributed by atoms with E-state index >= 15 is 0 Å². The van der Waals surface area contributed by atoms with Gasteiger partial charge in [-0.05, 0) is 18.5 Å². The zero-order valence-corrected chi connectivity index (χ0v) is 8.64. The molecule has 0 fully saturated rings. The average molecular weight is 242 g/mol. The highest BCUT2D eigenvalue weighted by atomic mass is 35.5. The number of nitrogens with zero attached hydrogens (tertiary/aromatic N) is 1. The summed E-state index contributed by atoms with van der Waals surface area (Å²) in [5.74, 6) is -0.782. The number of hydrogen-bond acceptors (Lipinski definition) is 2. The Morgan fingerprint density at radius 3 is 2.38 bits per heavy atom. The van der Waals surface area contributed by atoms with Gasteiger partial charge in [0.25, 0.3) is 5.24 Å². The minimum atomic E-state index is -0.856. The quantitative estimate of drug-likeness (QED) is 0.559. The summed E-state index contributed by atoms with van der Waals surface area (Å²) in [5.41, 5.74) is -0.143. The van der Waals surface area contributed by atoms with E-state index in [2.05, 4.69) is 4.98 Å². The molecule has 0 saturated carbocycles. The highest BCUT2D eigenvalue weighted by molar-refractivity contribution is 6.68. The van der Waals surface area contributed by atoms with Crippen LogP contribution in [0, 0.1) is 12.7 Å². The van der Waals surface area contributed by atoms with Gasteiger partial charge in [-0.15, -0.1) is 0 Å². The topological polar surface area (TPSA) is 30.0 Å². The van der Waals surface area contributed by atoms with Gasteiger partial charge in [0, 0.05) is 5.56 Å². The van der Waals surface area contributed by atoms with Crippen molar-refractivity contribution in [2.45, 2.75) is 6.92 Å². The summed E-state index contributed by atoms with van der Waals surface area (Å²) < 4.78 is 13.1. The van der Waals surface area contributed by atoms with E-state index in [9.17, 15) is 9.18 Å². The third kappa shape index (κ3) is 1.93. The second-order valence-electron chi connectivity index (χ2n) is 2.28. The van der Waals surface area contributed by atoms with Gasteiger partial charge < -0.3 is 0 Å². The van der Waals surface area contributed by atoms with E-state index < -0.39 is 11.1 Å². The molecule has 0 aromatic carbocycles. The van der Waals surface area contributed by atoms with Gasteiger partial charge in [-0.1, -0.05) is 23.2 Å². The summed E-state index contributed by atoms with van der Waals surface area (Å²) in [7, 11) is 0. The fourth-order valence-corrected chi connectivity index (χ4v) is 1.70. The van der Waals surface area contributed by atoms with Gasteiger partial charge in [-0.25, -0.2) is 9.37 Å². The second kappa shape index (κ2) is 3.78. The van der Waals surface area contributed by atoms with Crippen LogP contribution >= 0.6 is 34.8 Å². The first kappa shape index (κ1) is 10.7. The largest absolute Gasteiger partial charge is 0.275 e. The van der Waals surface area contributed by atoms with Gasteiger partial charge in [0.1, 0.15) is 5.15 Å². The molecule has 1 heterocycles. The predicted molar refractivity (Wildman–Crippen MR) is 49.1 cm³/mol. The van der Waals surface area contributed by atoms with Gasteiger partial charge in [-0.3, -0.25) is 4.79 Å². The zero-order chi connectivity index (χ0) is 10.2. The van der Waals surface area contributed by atoms with Crippen LogP contribution in [0.15, 0.2) is 0 Å². The lowest BCUT2D eigenvalue weighted by atomic mass is 10.2. The van der Waals surface area contributed by atoms with Crippen molar-refractivity contribution in [1.82, 2.24) is 4.98 Å². The van der Waals surface area contributed by atoms with Gasteiger partial charge in [0.15, 0.2) is 11.0 Å². The molecule has 0 saturated heterocycles. The first-order valence-electron chi connectivity index (χ1n) is 3.16. The standard InChI is InChI=1S/C7H3Cl3FNO/c1-2-3(7(10)13)5(8)12-6(9)4(2)11/h1H3. The molecule has 6 heteroatoms. The van der Waals surface area contributed by atoms with Crippen LogP contribution in [-0.2, 0) is 0 Å². The van der Waals surface area contributed by atoms with Crippen molar-refractivity contribution in [3.05, 3.63) is 27.3 Å². The Balaban J connectivity index is 3.53. The maximum absolute atomic E-state index is 13.1. The van der Waals surface area contributed by atoms with E-state index in [1.807, 2.05) is 0 Å². The van der Waals surface area contributed by atoms with Crippen LogP contribution in [0.3, 0.4) is 0 Å². The van der Waals surface area contributed by atoms with E-state index in [1.54, 1.807) is 0 Å². The van der Waals surface area contributed by atoms with Crippen LogP contribution in [-0.4, -0.2) is 10.2 Å². The molecule has 0 aliphatic heterocycles. The molecule has 0 bridgehead atoms. The number of halogens is 4. The molecule has 0 aliphatic carbocycles. The second-order valence-corrected chi connectivity index (χ2v) is 3.34. The monoisotopic (exact) mass is 241 g/mol. The van der Waals surface area contributed by atoms with Gasteiger partial charge in [-0.2, -0.15) is 0 Å². The number of carbonyl (C=O) groups is 1. The van der Waals surface area contributed by atoms with E-state index in [0.717, 1.165) is 0 Å². The van der Waals surface area contributed by atoms with E-state index in [4.69, 9.17) is 34.8 Å². The van der Waals surface area contributed by atoms with Crippen LogP contribution < -0.4 is 0 Å². The lowest BCUT2D eigenvalue weighted by Crippen LogP contribution is -2.01. The first-order chi connectivity index (χ1) is 5.95. The molecule has 0 N–H and O–H groups in total. The van der Waals surface area contributed by atoms with Crippen molar-refractivity contribution >= 4 is 40.0 Å². The van der Waals surface area contributed by atoms with E-state index in [0.29, 0.717) is 0 Å². The number of rotatable bonds is 1. The maximum atomic E-state index is 13.1. The Hall–Kier alpha value is -0.380. The Bertz CT molecular complexity index is 380. The molecule has 0 amide bonds. The van der Waals surface area contributed by atoms with E-state index in [-0.39, 0.29) is 21.4 Å². The Morgan fingerprint density at radius 2 is 1.92 bits per heavy atom. The molecular weight excluding hydrogens is 239 g/mol. The molecule has 0 radical (unpaired) electrons. The predicted octanol–water partition coefficient (Wildman–Crippen LogP) is 3.21. The summed E-state index contributed by atoms with van der Waals surface area (Å²) in [6.45, 7) is 1.35. The number of pyridine rings is 1. The molecule has 0 aliphatic rings. The number of hydrogen-bond donors (Lipinski definition) is 0. The zero-order valence-electron chi connectivity index (χ0n) is 6.37. The lowest BCUT2D eigenvalue weighted by Gasteiger charge is -2.04. The van der Waals surface area contributed by atoms with Crippen molar-refractivity contribution in [1.29, 1.82) is 0 Å². The molecule has 2 nitrogen and oxygen atoms in total. The minimum Gasteiger partial charge on any atom is -0.275 e. The molecule has 0 atom stereocenters. The fraction of sp³-hybridized carbons (Fsp3) is 0.143. The molecule has 1 aromatic heterocycles. The van der Waals surface area contributed by atoms with Crippen LogP contribution in [0.2, 0.25) is 10.3 Å². The first-order valence-corrected chi connectivity index (χ1v) is 4.29. The van der Waals surface area contributed by atoms with Crippen molar-refractivity contribution in [2.75, 3.05) is 0 Å². The normalized spacial score (nSPS) is 10.2. The Morgan fingerprint density at radius 1 is 1.38 bits per heavy atom. The van der Waals surface area contributed by atoms with Crippen LogP contribution in [0.5, 0.6) is 0 Å². The van der Waals surface area contributed by atoms with Crippen molar-refractivity contribution in [3.63, 3.8) is 0 Å². The average Bonchev–Trinajstić information content (AvgIpc) is 1.99. The van der Waals surface area contributed by atoms with Crippen molar-refractivity contribution < 1.29 is 9.18 Å². The molecule has 70 valence electrons. The molecule has 1 rings (SSSR count). The van der Waals surface area contributed by atoms with Gasteiger partial charge >= 0.3 is 0 Å². The Kier molecular flexibility index (Phi) is 3.11. The smallest absolute Gasteiger partial charge is 0.255 e. The Labute approximate surface area is 88.6 Å². The molecule has 0 unspecified atom stereocenters. The third-order valence-corrected chi connectivity index (χ3v) is 2.20. The maximum Gasteiger partial charge on any atom is 0.255 e. The summed E-state index contributed by atoms with van der Waals surface area (Å²) in [6.07, 6.45) is 0. The van der Waals surface area contributed by atoms with Gasteiger partial charge in [0.05, 0.1) is 5.56 Å². The van der Waals surface area contributed by atoms with Gasteiger partial charge in [0.2, 0.25) is 0 Å². The SMILES string of the molecule is Cc1c(F)c(Cl)nc(Cl)c1C(=O)Cl. The van der Waals surface area contributed by atoms with Crippen molar-refractivity contribution in [3.8, 4) is 0 Å². The number of carbonyl (C=O) groups excluding carboxylic acids is 1. The van der Waals surface area contributed by atoms with Crippen molar-refractivity contribution in [2.24, 2.45) is 0 Å². The molecule has 0 spiro atoms. The number of aromatic nitrogens is 1. The lowest BCUT2D eigenvalue weighted by molar-refractivity contribution is 0.108. The highest BCUT2D eigenvalue weighted by Gasteiger charge is 2.18. The van der Waals surface area contributed by atoms with Crippen LogP contribution in [0.4, 0.5) is 4.39 Å². The summed E-state index contributed by atoms with van der Waals surface area (Å²) in [4.78, 5) is 14.2. The highest BCUT2D eigenvalue weighted by Crippen LogP contribution is 2.26. The molecule has 1 aromatic rings. The molecule has 13 heavy (non-hydrogen) atoms. The fourth-order valence-electron chi connectivity index (χ4n) is 0.839.